The van der Waals surface area contributed by atoms with Gasteiger partial charge in [-0.2, -0.15) is 16.9 Å². The standard InChI is InChI=1S/C26H24FN5OS/c1-17-14-24(32(30-17)23-16-20-5-3-2-4-19(20)15-22(23)27)26(33)29-21-8-6-18(7-9-21)25(28)31-10-12-34-13-11-31/h2-9,14-16,28H,10-13H2,1H3,(H,29,33). The number of thioether (sulfide) groups is 1. The van der Waals surface area contributed by atoms with Gasteiger partial charge in [0, 0.05) is 35.8 Å². The molecular formula is C26H24FN5OS. The highest BCUT2D eigenvalue weighted by molar-refractivity contribution is 7.99. The van der Waals surface area contributed by atoms with Crippen molar-refractivity contribution >= 4 is 40.0 Å². The summed E-state index contributed by atoms with van der Waals surface area (Å²) < 4.78 is 16.3. The van der Waals surface area contributed by atoms with E-state index in [4.69, 9.17) is 5.41 Å². The lowest BCUT2D eigenvalue weighted by atomic mass is 10.1. The lowest BCUT2D eigenvalue weighted by Gasteiger charge is -2.28. The molecule has 34 heavy (non-hydrogen) atoms. The third-order valence-electron chi connectivity index (χ3n) is 5.85. The zero-order chi connectivity index (χ0) is 23.7. The number of amidine groups is 1. The van der Waals surface area contributed by atoms with Crippen molar-refractivity contribution in [3.8, 4) is 5.69 Å². The van der Waals surface area contributed by atoms with Gasteiger partial charge in [0.25, 0.3) is 5.91 Å². The number of fused-ring (bicyclic) bond motifs is 1. The molecule has 4 aromatic rings. The number of amides is 1. The predicted octanol–water partition coefficient (Wildman–Crippen LogP) is 5.10. The summed E-state index contributed by atoms with van der Waals surface area (Å²) in [5.41, 5.74) is 2.49. The molecule has 0 atom stereocenters. The van der Waals surface area contributed by atoms with E-state index < -0.39 is 5.82 Å². The van der Waals surface area contributed by atoms with Crippen molar-refractivity contribution in [2.45, 2.75) is 6.92 Å². The summed E-state index contributed by atoms with van der Waals surface area (Å²) in [6.07, 6.45) is 0. The topological polar surface area (TPSA) is 74.0 Å². The first kappa shape index (κ1) is 22.2. The number of halogens is 1. The summed E-state index contributed by atoms with van der Waals surface area (Å²) in [7, 11) is 0. The summed E-state index contributed by atoms with van der Waals surface area (Å²) in [5, 5.41) is 17.4. The van der Waals surface area contributed by atoms with Gasteiger partial charge in [0.1, 0.15) is 23.0 Å². The minimum Gasteiger partial charge on any atom is -0.355 e. The fourth-order valence-corrected chi connectivity index (χ4v) is 4.99. The number of carbonyl (C=O) groups is 1. The quantitative estimate of drug-likeness (QED) is 0.320. The average molecular weight is 474 g/mol. The summed E-state index contributed by atoms with van der Waals surface area (Å²) >= 11 is 1.90. The third kappa shape index (κ3) is 4.41. The number of aromatic nitrogens is 2. The smallest absolute Gasteiger partial charge is 0.274 e. The van der Waals surface area contributed by atoms with Crippen LogP contribution in [0.3, 0.4) is 0 Å². The molecule has 3 aromatic carbocycles. The van der Waals surface area contributed by atoms with Gasteiger partial charge in [-0.15, -0.1) is 0 Å². The van der Waals surface area contributed by atoms with Crippen LogP contribution >= 0.6 is 11.8 Å². The van der Waals surface area contributed by atoms with E-state index in [1.807, 2.05) is 48.2 Å². The number of rotatable bonds is 4. The molecule has 0 saturated carbocycles. The lowest BCUT2D eigenvalue weighted by Crippen LogP contribution is -2.37. The molecule has 8 heteroatoms. The van der Waals surface area contributed by atoms with Crippen LogP contribution < -0.4 is 5.32 Å². The molecule has 0 bridgehead atoms. The van der Waals surface area contributed by atoms with Gasteiger partial charge in [-0.05, 0) is 60.2 Å². The van der Waals surface area contributed by atoms with E-state index in [0.717, 1.165) is 40.9 Å². The highest BCUT2D eigenvalue weighted by Crippen LogP contribution is 2.24. The molecule has 1 amide bonds. The molecule has 0 unspecified atom stereocenters. The lowest BCUT2D eigenvalue weighted by molar-refractivity contribution is 0.101. The summed E-state index contributed by atoms with van der Waals surface area (Å²) in [6, 6.07) is 19.5. The Morgan fingerprint density at radius 3 is 2.41 bits per heavy atom. The van der Waals surface area contributed by atoms with Crippen LogP contribution in [0.25, 0.3) is 16.5 Å². The second-order valence-corrected chi connectivity index (χ2v) is 9.44. The molecule has 5 rings (SSSR count). The first-order valence-corrected chi connectivity index (χ1v) is 12.2. The molecular weight excluding hydrogens is 449 g/mol. The molecule has 1 saturated heterocycles. The number of benzene rings is 3. The Morgan fingerprint density at radius 1 is 1.03 bits per heavy atom. The minimum atomic E-state index is -0.449. The first-order valence-electron chi connectivity index (χ1n) is 11.1. The molecule has 0 spiro atoms. The fraction of sp³-hybridized carbons (Fsp3) is 0.192. The van der Waals surface area contributed by atoms with Gasteiger partial charge >= 0.3 is 0 Å². The van der Waals surface area contributed by atoms with Gasteiger partial charge in [0.15, 0.2) is 0 Å². The maximum Gasteiger partial charge on any atom is 0.274 e. The molecule has 1 aliphatic heterocycles. The maximum absolute atomic E-state index is 14.9. The Kier molecular flexibility index (Phi) is 6.06. The van der Waals surface area contributed by atoms with Gasteiger partial charge in [-0.1, -0.05) is 24.3 Å². The van der Waals surface area contributed by atoms with Gasteiger partial charge in [-0.3, -0.25) is 10.2 Å². The van der Waals surface area contributed by atoms with Gasteiger partial charge < -0.3 is 10.2 Å². The highest BCUT2D eigenvalue weighted by Gasteiger charge is 2.19. The normalized spacial score (nSPS) is 13.8. The van der Waals surface area contributed by atoms with Crippen LogP contribution in [0.5, 0.6) is 0 Å². The van der Waals surface area contributed by atoms with Crippen molar-refractivity contribution in [1.29, 1.82) is 5.41 Å². The molecule has 6 nitrogen and oxygen atoms in total. The van der Waals surface area contributed by atoms with E-state index in [1.165, 1.54) is 10.7 Å². The number of hydrogen-bond donors (Lipinski definition) is 2. The van der Waals surface area contributed by atoms with E-state index in [-0.39, 0.29) is 17.3 Å². The monoisotopic (exact) mass is 473 g/mol. The van der Waals surface area contributed by atoms with Crippen LogP contribution in [0, 0.1) is 18.2 Å². The molecule has 172 valence electrons. The number of carbonyl (C=O) groups excluding carboxylic acids is 1. The van der Waals surface area contributed by atoms with Crippen LogP contribution in [-0.2, 0) is 0 Å². The van der Waals surface area contributed by atoms with Crippen LogP contribution in [-0.4, -0.2) is 51.0 Å². The van der Waals surface area contributed by atoms with Crippen molar-refractivity contribution in [2.75, 3.05) is 29.9 Å². The summed E-state index contributed by atoms with van der Waals surface area (Å²) in [4.78, 5) is 15.2. The van der Waals surface area contributed by atoms with Crippen molar-refractivity contribution in [2.24, 2.45) is 0 Å². The second kappa shape index (κ2) is 9.30. The highest BCUT2D eigenvalue weighted by atomic mass is 32.2. The Hall–Kier alpha value is -3.65. The van der Waals surface area contributed by atoms with Crippen LogP contribution in [0.4, 0.5) is 10.1 Å². The third-order valence-corrected chi connectivity index (χ3v) is 6.79. The van der Waals surface area contributed by atoms with E-state index in [2.05, 4.69) is 15.3 Å². The largest absolute Gasteiger partial charge is 0.355 e. The molecule has 2 N–H and O–H groups in total. The van der Waals surface area contributed by atoms with Gasteiger partial charge in [-0.25, -0.2) is 9.07 Å². The number of nitrogens with zero attached hydrogens (tertiary/aromatic N) is 3. The average Bonchev–Trinajstić information content (AvgIpc) is 3.25. The number of anilines is 1. The molecule has 1 aliphatic rings. The van der Waals surface area contributed by atoms with E-state index >= 15 is 0 Å². The van der Waals surface area contributed by atoms with Crippen LogP contribution in [0.1, 0.15) is 21.7 Å². The van der Waals surface area contributed by atoms with Crippen LogP contribution in [0.2, 0.25) is 0 Å². The molecule has 1 fully saturated rings. The Balaban J connectivity index is 1.38. The first-order chi connectivity index (χ1) is 16.5. The van der Waals surface area contributed by atoms with Crippen molar-refractivity contribution in [3.05, 3.63) is 89.5 Å². The number of nitrogens with one attached hydrogen (secondary N) is 2. The Bertz CT molecular complexity index is 1380. The number of hydrogen-bond acceptors (Lipinski definition) is 4. The number of aryl methyl sites for hydroxylation is 1. The summed E-state index contributed by atoms with van der Waals surface area (Å²) in [6.45, 7) is 3.51. The molecule has 0 aliphatic carbocycles. The van der Waals surface area contributed by atoms with Crippen molar-refractivity contribution in [3.63, 3.8) is 0 Å². The van der Waals surface area contributed by atoms with Crippen molar-refractivity contribution < 1.29 is 9.18 Å². The molecule has 1 aromatic heterocycles. The van der Waals surface area contributed by atoms with E-state index in [0.29, 0.717) is 17.2 Å². The summed E-state index contributed by atoms with van der Waals surface area (Å²) in [5.74, 6) is 1.72. The zero-order valence-corrected chi connectivity index (χ0v) is 19.5. The zero-order valence-electron chi connectivity index (χ0n) is 18.7. The molecule has 0 radical (unpaired) electrons. The van der Waals surface area contributed by atoms with Gasteiger partial charge in [0.2, 0.25) is 0 Å². The predicted molar refractivity (Wildman–Crippen MR) is 136 cm³/mol. The second-order valence-electron chi connectivity index (χ2n) is 8.21. The van der Waals surface area contributed by atoms with Crippen LogP contribution in [0.15, 0.2) is 66.7 Å². The molecule has 2 heterocycles. The Labute approximate surface area is 201 Å². The fourth-order valence-electron chi connectivity index (χ4n) is 4.08. The minimum absolute atomic E-state index is 0.223. The van der Waals surface area contributed by atoms with E-state index in [9.17, 15) is 9.18 Å². The SMILES string of the molecule is Cc1cc(C(=O)Nc2ccc(C(=N)N3CCSCC3)cc2)n(-c2cc3ccccc3cc2F)n1. The van der Waals surface area contributed by atoms with E-state index in [1.54, 1.807) is 31.2 Å². The maximum atomic E-state index is 14.9. The van der Waals surface area contributed by atoms with Crippen molar-refractivity contribution in [1.82, 2.24) is 14.7 Å². The van der Waals surface area contributed by atoms with Gasteiger partial charge in [0.05, 0.1) is 5.69 Å². The Morgan fingerprint density at radius 2 is 1.71 bits per heavy atom.